The van der Waals surface area contributed by atoms with Gasteiger partial charge in [0, 0.05) is 33.9 Å². The van der Waals surface area contributed by atoms with E-state index < -0.39 is 0 Å². The van der Waals surface area contributed by atoms with Crippen LogP contribution in [0.15, 0.2) is 89.4 Å². The van der Waals surface area contributed by atoms with Gasteiger partial charge in [-0.15, -0.1) is 0 Å². The molecule has 2 fully saturated rings. The topological polar surface area (TPSA) is 33.3 Å². The van der Waals surface area contributed by atoms with E-state index in [0.717, 1.165) is 39.7 Å². The number of rotatable bonds is 2. The van der Waals surface area contributed by atoms with Crippen LogP contribution in [0.25, 0.3) is 0 Å². The molecule has 1 aliphatic carbocycles. The van der Waals surface area contributed by atoms with E-state index in [1.54, 1.807) is 30.3 Å². The highest BCUT2D eigenvalue weighted by Crippen LogP contribution is 2.55. The zero-order valence-corrected chi connectivity index (χ0v) is 28.2. The maximum absolute atomic E-state index is 13.7. The lowest BCUT2D eigenvalue weighted by atomic mass is 9.75. The first-order chi connectivity index (χ1) is 22.4. The van der Waals surface area contributed by atoms with Crippen LogP contribution in [-0.4, -0.2) is 6.61 Å². The largest absolute Gasteiger partial charge is 0.378 e. The maximum atomic E-state index is 13.7. The first kappa shape index (κ1) is 32.6. The molecule has 0 amide bonds. The second-order valence-electron chi connectivity index (χ2n) is 12.7. The fourth-order valence-corrected chi connectivity index (χ4v) is 8.44. The minimum absolute atomic E-state index is 0.0149. The molecule has 3 heterocycles. The van der Waals surface area contributed by atoms with Crippen molar-refractivity contribution >= 4 is 27.3 Å². The summed E-state index contributed by atoms with van der Waals surface area (Å²) in [5, 5.41) is 7.13. The Morgan fingerprint density at radius 1 is 0.674 bits per heavy atom. The van der Waals surface area contributed by atoms with Crippen LogP contribution in [0.1, 0.15) is 92.8 Å². The summed E-state index contributed by atoms with van der Waals surface area (Å²) >= 11 is 3.60. The number of benzene rings is 4. The first-order valence-electron chi connectivity index (χ1n) is 16.6. The summed E-state index contributed by atoms with van der Waals surface area (Å²) in [6.07, 6.45) is 4.27. The van der Waals surface area contributed by atoms with E-state index in [1.165, 1.54) is 42.3 Å². The fraction of sp³-hybridized carbons (Fsp3) is 0.385. The highest BCUT2D eigenvalue weighted by molar-refractivity contribution is 9.10. The van der Waals surface area contributed by atoms with E-state index in [0.29, 0.717) is 24.4 Å². The van der Waals surface area contributed by atoms with Gasteiger partial charge in [0.15, 0.2) is 0 Å². The third kappa shape index (κ3) is 6.59. The fourth-order valence-electron chi connectivity index (χ4n) is 8.07. The molecule has 0 aromatic heterocycles. The smallest absolute Gasteiger partial charge is 0.123 e. The SMILES string of the molecule is CC.CC1CCC2C(c3cccc(F)c3)Nc3ccc(Br)cc3C12.Fc1cccc(C2Nc3ccc(F)cc3C3OCCCC23)c1. The third-order valence-electron chi connectivity index (χ3n) is 9.98. The molecule has 8 rings (SSSR count). The number of nitrogens with one attached hydrogen (secondary N) is 2. The quantitative estimate of drug-likeness (QED) is 0.220. The average Bonchev–Trinajstić information content (AvgIpc) is 3.47. The molecule has 7 unspecified atom stereocenters. The number of fused-ring (bicyclic) bond motifs is 6. The maximum Gasteiger partial charge on any atom is 0.123 e. The van der Waals surface area contributed by atoms with Crippen LogP contribution in [0, 0.1) is 35.2 Å². The van der Waals surface area contributed by atoms with Crippen LogP contribution in [0.5, 0.6) is 0 Å². The number of hydrogen-bond acceptors (Lipinski definition) is 3. The summed E-state index contributed by atoms with van der Waals surface area (Å²) in [5.74, 6) is 1.32. The van der Waals surface area contributed by atoms with Gasteiger partial charge >= 0.3 is 0 Å². The highest BCUT2D eigenvalue weighted by Gasteiger charge is 2.44. The minimum atomic E-state index is -0.252. The van der Waals surface area contributed by atoms with Gasteiger partial charge in [-0.1, -0.05) is 61.0 Å². The molecule has 7 atom stereocenters. The monoisotopic (exact) mass is 690 g/mol. The molecule has 0 radical (unpaired) electrons. The molecule has 4 aromatic carbocycles. The summed E-state index contributed by atoms with van der Waals surface area (Å²) in [6, 6.07) is 25.1. The van der Waals surface area contributed by atoms with Crippen molar-refractivity contribution in [2.75, 3.05) is 17.2 Å². The van der Waals surface area contributed by atoms with Gasteiger partial charge in [0.1, 0.15) is 17.5 Å². The average molecular weight is 692 g/mol. The third-order valence-corrected chi connectivity index (χ3v) is 10.5. The molecule has 0 spiro atoms. The lowest BCUT2D eigenvalue weighted by molar-refractivity contribution is -0.0383. The summed E-state index contributed by atoms with van der Waals surface area (Å²) in [5.41, 5.74) is 6.34. The van der Waals surface area contributed by atoms with Crippen molar-refractivity contribution in [1.29, 1.82) is 0 Å². The molecule has 3 nitrogen and oxygen atoms in total. The van der Waals surface area contributed by atoms with Crippen molar-refractivity contribution in [3.8, 4) is 0 Å². The van der Waals surface area contributed by atoms with Gasteiger partial charge in [-0.3, -0.25) is 0 Å². The summed E-state index contributed by atoms with van der Waals surface area (Å²) < 4.78 is 47.9. The number of hydrogen-bond donors (Lipinski definition) is 2. The molecule has 46 heavy (non-hydrogen) atoms. The second-order valence-corrected chi connectivity index (χ2v) is 13.6. The Bertz CT molecular complexity index is 1610. The van der Waals surface area contributed by atoms with Gasteiger partial charge in [0.2, 0.25) is 0 Å². The van der Waals surface area contributed by atoms with Gasteiger partial charge in [0.25, 0.3) is 0 Å². The van der Waals surface area contributed by atoms with Crippen LogP contribution in [0.2, 0.25) is 0 Å². The number of anilines is 2. The van der Waals surface area contributed by atoms with Gasteiger partial charge in [-0.2, -0.15) is 0 Å². The predicted molar refractivity (Wildman–Crippen MR) is 183 cm³/mol. The molecular weight excluding hydrogens is 649 g/mol. The van der Waals surface area contributed by atoms with Gasteiger partial charge in [0.05, 0.1) is 18.2 Å². The normalized spacial score (nSPS) is 27.1. The van der Waals surface area contributed by atoms with Gasteiger partial charge in [-0.25, -0.2) is 13.2 Å². The number of ether oxygens (including phenoxy) is 1. The Labute approximate surface area is 279 Å². The van der Waals surface area contributed by atoms with E-state index in [-0.39, 0.29) is 41.6 Å². The Morgan fingerprint density at radius 3 is 1.96 bits per heavy atom. The van der Waals surface area contributed by atoms with Crippen LogP contribution < -0.4 is 10.6 Å². The molecule has 242 valence electrons. The van der Waals surface area contributed by atoms with E-state index in [2.05, 4.69) is 51.7 Å². The minimum Gasteiger partial charge on any atom is -0.378 e. The lowest BCUT2D eigenvalue weighted by Gasteiger charge is -2.43. The van der Waals surface area contributed by atoms with Crippen molar-refractivity contribution in [3.05, 3.63) is 129 Å². The van der Waals surface area contributed by atoms with Crippen molar-refractivity contribution < 1.29 is 17.9 Å². The second kappa shape index (κ2) is 14.2. The number of halogens is 4. The van der Waals surface area contributed by atoms with Crippen molar-refractivity contribution in [2.24, 2.45) is 17.8 Å². The van der Waals surface area contributed by atoms with Gasteiger partial charge in [-0.05, 0) is 121 Å². The molecule has 7 heteroatoms. The Balaban J connectivity index is 0.000000153. The molecule has 4 aromatic rings. The van der Waals surface area contributed by atoms with E-state index in [9.17, 15) is 13.2 Å². The Kier molecular flexibility index (Phi) is 10.1. The zero-order chi connectivity index (χ0) is 32.4. The molecule has 0 bridgehead atoms. The molecule has 1 saturated carbocycles. The zero-order valence-electron chi connectivity index (χ0n) is 26.6. The van der Waals surface area contributed by atoms with Crippen LogP contribution in [0.3, 0.4) is 0 Å². The summed E-state index contributed by atoms with van der Waals surface area (Å²) in [7, 11) is 0. The molecular formula is C39H42BrF3N2O. The summed E-state index contributed by atoms with van der Waals surface area (Å²) in [6.45, 7) is 7.04. The molecule has 4 aliphatic rings. The Morgan fingerprint density at radius 2 is 1.28 bits per heavy atom. The van der Waals surface area contributed by atoms with Crippen molar-refractivity contribution in [1.82, 2.24) is 0 Å². The van der Waals surface area contributed by atoms with Gasteiger partial charge < -0.3 is 15.4 Å². The van der Waals surface area contributed by atoms with E-state index in [4.69, 9.17) is 4.74 Å². The van der Waals surface area contributed by atoms with Crippen molar-refractivity contribution in [3.63, 3.8) is 0 Å². The van der Waals surface area contributed by atoms with Crippen molar-refractivity contribution in [2.45, 2.75) is 70.6 Å². The first-order valence-corrected chi connectivity index (χ1v) is 17.4. The molecule has 2 N–H and O–H groups in total. The standard InChI is InChI=1S/C19H19BrFN.C18H17F2NO.C2H6/c1-11-5-7-15-18(11)16-10-13(20)6-8-17(16)22-19(15)12-3-2-4-14(21)9-12;19-12-4-1-3-11(9-12)17-14-5-2-8-22-18(14)15-10-13(20)6-7-16(15)21-17;1-2/h2-4,6,8-11,15,18-19,22H,5,7H2,1H3;1,3-4,6-7,9-10,14,17-18,21H,2,5,8H2;1-2H3. The Hall–Kier alpha value is -3.29. The van der Waals surface area contributed by atoms with E-state index >= 15 is 0 Å². The van der Waals surface area contributed by atoms with Crippen LogP contribution >= 0.6 is 15.9 Å². The van der Waals surface area contributed by atoms with Crippen LogP contribution in [0.4, 0.5) is 24.5 Å². The lowest BCUT2D eigenvalue weighted by Crippen LogP contribution is -2.36. The molecule has 1 saturated heterocycles. The molecule has 3 aliphatic heterocycles. The highest BCUT2D eigenvalue weighted by atomic mass is 79.9. The summed E-state index contributed by atoms with van der Waals surface area (Å²) in [4.78, 5) is 0. The van der Waals surface area contributed by atoms with Crippen LogP contribution in [-0.2, 0) is 4.74 Å². The van der Waals surface area contributed by atoms with E-state index in [1.807, 2.05) is 32.0 Å². The predicted octanol–water partition coefficient (Wildman–Crippen LogP) is 11.5.